The summed E-state index contributed by atoms with van der Waals surface area (Å²) in [4.78, 5) is 6.58. The number of hydrogen-bond acceptors (Lipinski definition) is 3. The first-order valence-electron chi connectivity index (χ1n) is 7.88. The van der Waals surface area contributed by atoms with Crippen molar-refractivity contribution in [3.05, 3.63) is 15.6 Å². The van der Waals surface area contributed by atoms with Gasteiger partial charge in [0.2, 0.25) is 0 Å². The molecule has 0 bridgehead atoms. The zero-order valence-electron chi connectivity index (χ0n) is 12.9. The summed E-state index contributed by atoms with van der Waals surface area (Å²) in [7, 11) is 0. The van der Waals surface area contributed by atoms with E-state index in [0.29, 0.717) is 5.92 Å². The lowest BCUT2D eigenvalue weighted by atomic mass is 9.84. The molecule has 0 fully saturated rings. The van der Waals surface area contributed by atoms with Gasteiger partial charge >= 0.3 is 0 Å². The fraction of sp³-hybridized carbons (Fsp3) is 0.812. The van der Waals surface area contributed by atoms with Crippen molar-refractivity contribution in [3.8, 4) is 0 Å². The summed E-state index contributed by atoms with van der Waals surface area (Å²) in [5.41, 5.74) is 1.47. The van der Waals surface area contributed by atoms with E-state index in [2.05, 4.69) is 33.0 Å². The molecule has 1 atom stereocenters. The molecule has 1 N–H and O–H groups in total. The van der Waals surface area contributed by atoms with Gasteiger partial charge in [-0.15, -0.1) is 11.3 Å². The lowest BCUT2D eigenvalue weighted by molar-refractivity contribution is 0.228. The number of aryl methyl sites for hydroxylation is 2. The summed E-state index contributed by atoms with van der Waals surface area (Å²) >= 11 is 1.97. The average molecular weight is 280 g/mol. The Balaban J connectivity index is 2.33. The Kier molecular flexibility index (Phi) is 5.02. The Bertz CT molecular complexity index is 387. The topological polar surface area (TPSA) is 24.9 Å². The fourth-order valence-corrected chi connectivity index (χ4v) is 4.64. The number of nitrogens with zero attached hydrogens (tertiary/aromatic N) is 1. The highest BCUT2D eigenvalue weighted by Crippen LogP contribution is 2.38. The van der Waals surface area contributed by atoms with Crippen LogP contribution < -0.4 is 5.32 Å². The van der Waals surface area contributed by atoms with Crippen molar-refractivity contribution in [2.24, 2.45) is 5.92 Å². The van der Waals surface area contributed by atoms with E-state index in [4.69, 9.17) is 4.98 Å². The SMILES string of the molecule is CCCNC(CC)(c1nc2c(s1)CCCC2)C(C)C. The van der Waals surface area contributed by atoms with Crippen LogP contribution >= 0.6 is 11.3 Å². The van der Waals surface area contributed by atoms with Crippen molar-refractivity contribution in [1.82, 2.24) is 10.3 Å². The average Bonchev–Trinajstić information content (AvgIpc) is 2.84. The second-order valence-corrected chi connectivity index (χ2v) is 7.09. The third-order valence-corrected chi connectivity index (χ3v) is 5.80. The van der Waals surface area contributed by atoms with Gasteiger partial charge in [-0.05, 0) is 51.0 Å². The highest BCUT2D eigenvalue weighted by atomic mass is 32.1. The first-order valence-corrected chi connectivity index (χ1v) is 8.69. The maximum atomic E-state index is 5.02. The molecule has 0 aromatic carbocycles. The first kappa shape index (κ1) is 15.0. The van der Waals surface area contributed by atoms with E-state index in [-0.39, 0.29) is 5.54 Å². The molecule has 1 aromatic rings. The normalized spacial score (nSPS) is 18.4. The predicted octanol–water partition coefficient (Wildman–Crippen LogP) is 4.28. The molecule has 19 heavy (non-hydrogen) atoms. The van der Waals surface area contributed by atoms with Crippen LogP contribution in [0.3, 0.4) is 0 Å². The van der Waals surface area contributed by atoms with E-state index in [1.807, 2.05) is 11.3 Å². The number of nitrogens with one attached hydrogen (secondary N) is 1. The highest BCUT2D eigenvalue weighted by molar-refractivity contribution is 7.11. The van der Waals surface area contributed by atoms with E-state index >= 15 is 0 Å². The van der Waals surface area contributed by atoms with Crippen molar-refractivity contribution in [3.63, 3.8) is 0 Å². The summed E-state index contributed by atoms with van der Waals surface area (Å²) in [6.07, 6.45) is 7.41. The molecule has 108 valence electrons. The summed E-state index contributed by atoms with van der Waals surface area (Å²) in [6.45, 7) is 10.3. The molecular weight excluding hydrogens is 252 g/mol. The summed E-state index contributed by atoms with van der Waals surface area (Å²) in [6, 6.07) is 0. The van der Waals surface area contributed by atoms with Crippen LogP contribution in [-0.2, 0) is 18.4 Å². The molecule has 1 aliphatic rings. The van der Waals surface area contributed by atoms with Gasteiger partial charge in [-0.25, -0.2) is 4.98 Å². The quantitative estimate of drug-likeness (QED) is 0.841. The monoisotopic (exact) mass is 280 g/mol. The minimum absolute atomic E-state index is 0.0814. The highest BCUT2D eigenvalue weighted by Gasteiger charge is 2.37. The second kappa shape index (κ2) is 6.36. The lowest BCUT2D eigenvalue weighted by Crippen LogP contribution is -2.46. The van der Waals surface area contributed by atoms with Gasteiger partial charge in [-0.2, -0.15) is 0 Å². The van der Waals surface area contributed by atoms with E-state index < -0.39 is 0 Å². The Labute approximate surface area is 122 Å². The van der Waals surface area contributed by atoms with Gasteiger partial charge in [0.05, 0.1) is 11.2 Å². The molecule has 0 saturated carbocycles. The number of hydrogen-bond donors (Lipinski definition) is 1. The van der Waals surface area contributed by atoms with Gasteiger partial charge in [0.1, 0.15) is 5.01 Å². The van der Waals surface area contributed by atoms with Crippen molar-refractivity contribution >= 4 is 11.3 Å². The van der Waals surface area contributed by atoms with Crippen LogP contribution in [0.25, 0.3) is 0 Å². The Hall–Kier alpha value is -0.410. The molecule has 0 saturated heterocycles. The molecule has 3 heteroatoms. The molecule has 0 aliphatic heterocycles. The lowest BCUT2D eigenvalue weighted by Gasteiger charge is -2.36. The van der Waals surface area contributed by atoms with Gasteiger partial charge in [-0.3, -0.25) is 0 Å². The third kappa shape index (κ3) is 2.87. The zero-order chi connectivity index (χ0) is 13.9. The van der Waals surface area contributed by atoms with Crippen molar-refractivity contribution in [1.29, 1.82) is 0 Å². The molecule has 0 radical (unpaired) electrons. The third-order valence-electron chi connectivity index (χ3n) is 4.46. The summed E-state index contributed by atoms with van der Waals surface area (Å²) in [5, 5.41) is 5.14. The molecule has 1 heterocycles. The van der Waals surface area contributed by atoms with Crippen LogP contribution in [0.1, 0.15) is 69.0 Å². The number of fused-ring (bicyclic) bond motifs is 1. The predicted molar refractivity (Wildman–Crippen MR) is 83.9 cm³/mol. The van der Waals surface area contributed by atoms with Crippen molar-refractivity contribution < 1.29 is 0 Å². The molecule has 2 rings (SSSR count). The fourth-order valence-electron chi connectivity index (χ4n) is 3.10. The van der Waals surface area contributed by atoms with E-state index in [1.54, 1.807) is 4.88 Å². The molecule has 0 spiro atoms. The van der Waals surface area contributed by atoms with E-state index in [0.717, 1.165) is 13.0 Å². The van der Waals surface area contributed by atoms with Crippen LogP contribution in [0.5, 0.6) is 0 Å². The van der Waals surface area contributed by atoms with Gasteiger partial charge in [0.25, 0.3) is 0 Å². The van der Waals surface area contributed by atoms with Gasteiger partial charge < -0.3 is 5.32 Å². The van der Waals surface area contributed by atoms with Crippen molar-refractivity contribution in [2.75, 3.05) is 6.54 Å². The van der Waals surface area contributed by atoms with Crippen LogP contribution in [0.4, 0.5) is 0 Å². The molecule has 2 nitrogen and oxygen atoms in total. The summed E-state index contributed by atoms with van der Waals surface area (Å²) in [5.74, 6) is 0.580. The maximum Gasteiger partial charge on any atom is 0.114 e. The van der Waals surface area contributed by atoms with Gasteiger partial charge in [0, 0.05) is 4.88 Å². The number of aromatic nitrogens is 1. The van der Waals surface area contributed by atoms with Crippen molar-refractivity contribution in [2.45, 2.75) is 71.8 Å². The molecule has 1 unspecified atom stereocenters. The van der Waals surface area contributed by atoms with Crippen LogP contribution in [-0.4, -0.2) is 11.5 Å². The van der Waals surface area contributed by atoms with Crippen LogP contribution in [0.15, 0.2) is 0 Å². The van der Waals surface area contributed by atoms with Gasteiger partial charge in [-0.1, -0.05) is 27.7 Å². The first-order chi connectivity index (χ1) is 9.14. The Morgan fingerprint density at radius 2 is 2.00 bits per heavy atom. The maximum absolute atomic E-state index is 5.02. The van der Waals surface area contributed by atoms with Crippen LogP contribution in [0, 0.1) is 5.92 Å². The smallest absolute Gasteiger partial charge is 0.114 e. The van der Waals surface area contributed by atoms with Gasteiger partial charge in [0.15, 0.2) is 0 Å². The Morgan fingerprint density at radius 1 is 1.26 bits per heavy atom. The largest absolute Gasteiger partial charge is 0.305 e. The minimum atomic E-state index is 0.0814. The number of thiazole rings is 1. The van der Waals surface area contributed by atoms with E-state index in [9.17, 15) is 0 Å². The second-order valence-electron chi connectivity index (χ2n) is 6.00. The zero-order valence-corrected chi connectivity index (χ0v) is 13.7. The molecule has 1 aromatic heterocycles. The molecule has 1 aliphatic carbocycles. The molecular formula is C16H28N2S. The minimum Gasteiger partial charge on any atom is -0.305 e. The summed E-state index contributed by atoms with van der Waals surface area (Å²) < 4.78 is 0. The Morgan fingerprint density at radius 3 is 2.58 bits per heavy atom. The standard InChI is InChI=1S/C16H28N2S/c1-5-11-17-16(6-2,12(3)4)15-18-13-9-7-8-10-14(13)19-15/h12,17H,5-11H2,1-4H3. The number of rotatable bonds is 6. The molecule has 0 amide bonds. The van der Waals surface area contributed by atoms with Crippen LogP contribution in [0.2, 0.25) is 0 Å². The van der Waals surface area contributed by atoms with E-state index in [1.165, 1.54) is 42.8 Å².